The Bertz CT molecular complexity index is 1470. The molecule has 30 heavy (non-hydrogen) atoms. The number of nitrogens with one attached hydrogen (secondary N) is 1. The molecule has 0 saturated heterocycles. The molecule has 6 rings (SSSR count). The Labute approximate surface area is 177 Å². The highest BCUT2D eigenvalue weighted by Gasteiger charge is 2.35. The van der Waals surface area contributed by atoms with E-state index in [2.05, 4.69) is 105 Å². The molecule has 1 N–H and O–H groups in total. The van der Waals surface area contributed by atoms with Crippen molar-refractivity contribution in [1.82, 2.24) is 0 Å². The van der Waals surface area contributed by atoms with Gasteiger partial charge in [-0.3, -0.25) is 0 Å². The van der Waals surface area contributed by atoms with Crippen molar-refractivity contribution in [2.45, 2.75) is 26.2 Å². The van der Waals surface area contributed by atoms with Crippen molar-refractivity contribution in [2.75, 3.05) is 11.9 Å². The number of benzene rings is 5. The molecule has 0 atom stereocenters. The predicted octanol–water partition coefficient (Wildman–Crippen LogP) is 7.88. The van der Waals surface area contributed by atoms with Crippen LogP contribution in [0.1, 0.15) is 31.9 Å². The minimum Gasteiger partial charge on any atom is -0.385 e. The van der Waals surface area contributed by atoms with Gasteiger partial charge in [-0.05, 0) is 74.3 Å². The van der Waals surface area contributed by atoms with Gasteiger partial charge in [-0.2, -0.15) is 0 Å². The van der Waals surface area contributed by atoms with Crippen LogP contribution in [-0.2, 0) is 5.41 Å². The van der Waals surface area contributed by atoms with Gasteiger partial charge in [0.05, 0.1) is 0 Å². The fourth-order valence-corrected chi connectivity index (χ4v) is 5.53. The van der Waals surface area contributed by atoms with Gasteiger partial charge in [-0.25, -0.2) is 0 Å². The molecular formula is C29H25N. The molecule has 0 spiro atoms. The van der Waals surface area contributed by atoms with Crippen LogP contribution >= 0.6 is 0 Å². The van der Waals surface area contributed by atoms with Crippen LogP contribution in [0.2, 0.25) is 0 Å². The van der Waals surface area contributed by atoms with Crippen molar-refractivity contribution in [3.05, 3.63) is 90.0 Å². The normalized spacial score (nSPS) is 14.2. The SMILES string of the molecule is CCNc1cccc2c3cc4c(cc3c3ccccc3c12)-c1ccccc1C4(C)C. The molecule has 0 bridgehead atoms. The minimum atomic E-state index is 0.0113. The third kappa shape index (κ3) is 2.18. The summed E-state index contributed by atoms with van der Waals surface area (Å²) in [6, 6.07) is 29.3. The summed E-state index contributed by atoms with van der Waals surface area (Å²) in [7, 11) is 0. The number of anilines is 1. The molecule has 0 aliphatic heterocycles. The molecule has 1 aliphatic rings. The Morgan fingerprint density at radius 1 is 0.633 bits per heavy atom. The van der Waals surface area contributed by atoms with E-state index in [9.17, 15) is 0 Å². The highest BCUT2D eigenvalue weighted by atomic mass is 14.9. The summed E-state index contributed by atoms with van der Waals surface area (Å²) in [5.41, 5.74) is 6.85. The highest BCUT2D eigenvalue weighted by Crippen LogP contribution is 2.51. The second-order valence-corrected chi connectivity index (χ2v) is 8.92. The standard InChI is InChI=1S/C29H25N/c1-4-30-27-15-9-13-21-23-17-26-24(19-11-7-8-14-25(19)29(26,2)3)16-22(23)18-10-5-6-12-20(18)28(21)27/h5-17,30H,4H2,1-3H3. The van der Waals surface area contributed by atoms with Crippen molar-refractivity contribution in [1.29, 1.82) is 0 Å². The first-order chi connectivity index (χ1) is 14.6. The summed E-state index contributed by atoms with van der Waals surface area (Å²) < 4.78 is 0. The zero-order valence-electron chi connectivity index (χ0n) is 17.7. The topological polar surface area (TPSA) is 12.0 Å². The van der Waals surface area contributed by atoms with Crippen molar-refractivity contribution in [3.8, 4) is 11.1 Å². The maximum atomic E-state index is 3.59. The van der Waals surface area contributed by atoms with E-state index in [1.165, 1.54) is 60.3 Å². The smallest absolute Gasteiger partial charge is 0.0426 e. The average Bonchev–Trinajstić information content (AvgIpc) is 3.00. The van der Waals surface area contributed by atoms with Crippen molar-refractivity contribution in [3.63, 3.8) is 0 Å². The summed E-state index contributed by atoms with van der Waals surface area (Å²) >= 11 is 0. The van der Waals surface area contributed by atoms with Gasteiger partial charge in [0.15, 0.2) is 0 Å². The van der Waals surface area contributed by atoms with E-state index in [0.717, 1.165) is 6.54 Å². The van der Waals surface area contributed by atoms with E-state index >= 15 is 0 Å². The van der Waals surface area contributed by atoms with E-state index in [4.69, 9.17) is 0 Å². The largest absolute Gasteiger partial charge is 0.385 e. The predicted molar refractivity (Wildman–Crippen MR) is 131 cm³/mol. The van der Waals surface area contributed by atoms with Crippen LogP contribution in [-0.4, -0.2) is 6.54 Å². The van der Waals surface area contributed by atoms with Crippen LogP contribution in [0.15, 0.2) is 78.9 Å². The second kappa shape index (κ2) is 6.09. The van der Waals surface area contributed by atoms with Crippen LogP contribution in [0.5, 0.6) is 0 Å². The van der Waals surface area contributed by atoms with E-state index in [1.54, 1.807) is 0 Å². The van der Waals surface area contributed by atoms with Gasteiger partial charge in [-0.1, -0.05) is 74.5 Å². The first kappa shape index (κ1) is 17.5. The average molecular weight is 388 g/mol. The summed E-state index contributed by atoms with van der Waals surface area (Å²) in [5.74, 6) is 0. The third-order valence-corrected chi connectivity index (χ3v) is 6.93. The summed E-state index contributed by atoms with van der Waals surface area (Å²) in [5, 5.41) is 11.6. The molecule has 0 saturated carbocycles. The monoisotopic (exact) mass is 387 g/mol. The number of rotatable bonds is 2. The minimum absolute atomic E-state index is 0.0113. The Morgan fingerprint density at radius 2 is 1.30 bits per heavy atom. The first-order valence-corrected chi connectivity index (χ1v) is 10.9. The van der Waals surface area contributed by atoms with Gasteiger partial charge in [0, 0.05) is 23.0 Å². The summed E-state index contributed by atoms with van der Waals surface area (Å²) in [4.78, 5) is 0. The van der Waals surface area contributed by atoms with Crippen molar-refractivity contribution < 1.29 is 0 Å². The lowest BCUT2D eigenvalue weighted by atomic mass is 9.81. The fourth-order valence-electron chi connectivity index (χ4n) is 5.53. The third-order valence-electron chi connectivity index (χ3n) is 6.93. The van der Waals surface area contributed by atoms with Crippen LogP contribution in [0.3, 0.4) is 0 Å². The molecule has 5 aromatic carbocycles. The number of hydrogen-bond donors (Lipinski definition) is 1. The van der Waals surface area contributed by atoms with Gasteiger partial charge in [0.25, 0.3) is 0 Å². The first-order valence-electron chi connectivity index (χ1n) is 10.9. The molecule has 0 amide bonds. The van der Waals surface area contributed by atoms with Gasteiger partial charge < -0.3 is 5.32 Å². The lowest BCUT2D eigenvalue weighted by Gasteiger charge is -2.22. The molecule has 5 aromatic rings. The lowest BCUT2D eigenvalue weighted by Crippen LogP contribution is -2.14. The molecule has 0 fully saturated rings. The van der Waals surface area contributed by atoms with Crippen LogP contribution in [0.4, 0.5) is 5.69 Å². The van der Waals surface area contributed by atoms with E-state index in [0.29, 0.717) is 0 Å². The number of hydrogen-bond acceptors (Lipinski definition) is 1. The zero-order chi connectivity index (χ0) is 20.5. The van der Waals surface area contributed by atoms with Crippen molar-refractivity contribution >= 4 is 38.0 Å². The van der Waals surface area contributed by atoms with E-state index < -0.39 is 0 Å². The molecule has 1 nitrogen and oxygen atoms in total. The fraction of sp³-hybridized carbons (Fsp3) is 0.172. The molecule has 1 heteroatoms. The Balaban J connectivity index is 1.84. The quantitative estimate of drug-likeness (QED) is 0.304. The van der Waals surface area contributed by atoms with Gasteiger partial charge in [0.2, 0.25) is 0 Å². The zero-order valence-corrected chi connectivity index (χ0v) is 17.7. The number of fused-ring (bicyclic) bond motifs is 9. The summed E-state index contributed by atoms with van der Waals surface area (Å²) in [6.45, 7) is 7.79. The Kier molecular flexibility index (Phi) is 3.56. The van der Waals surface area contributed by atoms with Crippen LogP contribution in [0, 0.1) is 0 Å². The maximum absolute atomic E-state index is 3.59. The molecule has 0 radical (unpaired) electrons. The van der Waals surface area contributed by atoms with Crippen LogP contribution < -0.4 is 5.32 Å². The van der Waals surface area contributed by atoms with Gasteiger partial charge >= 0.3 is 0 Å². The van der Waals surface area contributed by atoms with E-state index in [-0.39, 0.29) is 5.41 Å². The highest BCUT2D eigenvalue weighted by molar-refractivity contribution is 6.28. The van der Waals surface area contributed by atoms with E-state index in [1.807, 2.05) is 0 Å². The molecule has 0 heterocycles. The summed E-state index contributed by atoms with van der Waals surface area (Å²) in [6.07, 6.45) is 0. The second-order valence-electron chi connectivity index (χ2n) is 8.92. The molecule has 1 aliphatic carbocycles. The Hall–Kier alpha value is -3.32. The molecule has 0 aromatic heterocycles. The van der Waals surface area contributed by atoms with Crippen LogP contribution in [0.25, 0.3) is 43.4 Å². The molecule has 0 unspecified atom stereocenters. The maximum Gasteiger partial charge on any atom is 0.0426 e. The Morgan fingerprint density at radius 3 is 2.13 bits per heavy atom. The molecular weight excluding hydrogens is 362 g/mol. The molecule has 146 valence electrons. The van der Waals surface area contributed by atoms with Gasteiger partial charge in [-0.15, -0.1) is 0 Å². The van der Waals surface area contributed by atoms with Crippen molar-refractivity contribution in [2.24, 2.45) is 0 Å². The lowest BCUT2D eigenvalue weighted by molar-refractivity contribution is 0.661. The van der Waals surface area contributed by atoms with Gasteiger partial charge in [0.1, 0.15) is 0 Å².